The van der Waals surface area contributed by atoms with Gasteiger partial charge in [0, 0.05) is 34.2 Å². The van der Waals surface area contributed by atoms with Crippen molar-refractivity contribution in [1.29, 1.82) is 0 Å². The third-order valence-electron chi connectivity index (χ3n) is 3.29. The molecule has 0 N–H and O–H groups in total. The number of halogens is 3. The Labute approximate surface area is 145 Å². The van der Waals surface area contributed by atoms with E-state index in [1.807, 2.05) is 13.8 Å². The molecule has 0 bridgehead atoms. The van der Waals surface area contributed by atoms with Crippen LogP contribution in [0.3, 0.4) is 0 Å². The molecule has 2 atom stereocenters. The minimum absolute atomic E-state index is 0.0731. The molecule has 118 valence electrons. The second-order valence-electron chi connectivity index (χ2n) is 5.05. The Kier molecular flexibility index (Phi) is 5.77. The van der Waals surface area contributed by atoms with Gasteiger partial charge in [0.2, 0.25) is 10.0 Å². The Morgan fingerprint density at radius 1 is 1.24 bits per heavy atom. The summed E-state index contributed by atoms with van der Waals surface area (Å²) in [6.45, 7) is 5.01. The Balaban J connectivity index is 2.45. The summed E-state index contributed by atoms with van der Waals surface area (Å²) in [5.74, 6) is 0.0731. The lowest BCUT2D eigenvalue weighted by Gasteiger charge is -2.34. The van der Waals surface area contributed by atoms with Crippen LogP contribution in [0.25, 0.3) is 0 Å². The van der Waals surface area contributed by atoms with Crippen LogP contribution in [0.1, 0.15) is 19.4 Å². The molecule has 0 aliphatic carbocycles. The fourth-order valence-corrected chi connectivity index (χ4v) is 6.80. The van der Waals surface area contributed by atoms with Gasteiger partial charge in [-0.05, 0) is 12.1 Å². The lowest BCUT2D eigenvalue weighted by atomic mass is 10.2. The number of hydrogen-bond acceptors (Lipinski definition) is 3. The lowest BCUT2D eigenvalue weighted by molar-refractivity contribution is 0.405. The zero-order chi connectivity index (χ0) is 15.8. The van der Waals surface area contributed by atoms with E-state index >= 15 is 0 Å². The van der Waals surface area contributed by atoms with Gasteiger partial charge in [-0.3, -0.25) is 0 Å². The molecule has 1 aromatic rings. The molecule has 3 nitrogen and oxygen atoms in total. The molecular formula is C13H16Cl3NO2S2. The zero-order valence-corrected chi connectivity index (χ0v) is 15.5. The molecule has 21 heavy (non-hydrogen) atoms. The number of alkyl halides is 1. The molecule has 1 aliphatic rings. The van der Waals surface area contributed by atoms with Crippen molar-refractivity contribution >= 4 is 56.6 Å². The maximum atomic E-state index is 12.8. The molecule has 0 aromatic heterocycles. The number of benzene rings is 1. The topological polar surface area (TPSA) is 37.4 Å². The molecule has 1 fully saturated rings. The van der Waals surface area contributed by atoms with Gasteiger partial charge in [-0.25, -0.2) is 8.42 Å². The molecule has 2 unspecified atom stereocenters. The molecule has 1 heterocycles. The van der Waals surface area contributed by atoms with Crippen LogP contribution in [0.4, 0.5) is 0 Å². The minimum Gasteiger partial charge on any atom is -0.207 e. The normalized spacial score (nSPS) is 24.2. The third kappa shape index (κ3) is 3.65. The quantitative estimate of drug-likeness (QED) is 0.727. The lowest BCUT2D eigenvalue weighted by Crippen LogP contribution is -2.44. The van der Waals surface area contributed by atoms with Crippen molar-refractivity contribution in [2.75, 3.05) is 13.1 Å². The van der Waals surface area contributed by atoms with E-state index in [4.69, 9.17) is 34.8 Å². The summed E-state index contributed by atoms with van der Waals surface area (Å²) in [5.41, 5.74) is 0.452. The molecule has 1 aromatic carbocycles. The van der Waals surface area contributed by atoms with E-state index < -0.39 is 10.0 Å². The molecule has 0 amide bonds. The van der Waals surface area contributed by atoms with Crippen LogP contribution in [-0.2, 0) is 15.9 Å². The first-order valence-electron chi connectivity index (χ1n) is 6.45. The predicted octanol–water partition coefficient (Wildman–Crippen LogP) is 4.25. The largest absolute Gasteiger partial charge is 0.244 e. The second kappa shape index (κ2) is 6.85. The van der Waals surface area contributed by atoms with Gasteiger partial charge >= 0.3 is 0 Å². The van der Waals surface area contributed by atoms with Gasteiger partial charge in [0.05, 0.1) is 10.9 Å². The number of rotatable bonds is 3. The maximum Gasteiger partial charge on any atom is 0.244 e. The van der Waals surface area contributed by atoms with Crippen LogP contribution in [0.2, 0.25) is 10.0 Å². The number of thioether (sulfide) groups is 1. The van der Waals surface area contributed by atoms with Crippen LogP contribution in [0, 0.1) is 0 Å². The zero-order valence-electron chi connectivity index (χ0n) is 11.6. The maximum absolute atomic E-state index is 12.8. The molecule has 1 saturated heterocycles. The number of nitrogens with zero attached hydrogens (tertiary/aromatic N) is 1. The van der Waals surface area contributed by atoms with Crippen molar-refractivity contribution in [2.24, 2.45) is 0 Å². The van der Waals surface area contributed by atoms with E-state index in [-0.39, 0.29) is 26.3 Å². The van der Waals surface area contributed by atoms with Gasteiger partial charge < -0.3 is 0 Å². The van der Waals surface area contributed by atoms with Crippen molar-refractivity contribution in [1.82, 2.24) is 4.31 Å². The van der Waals surface area contributed by atoms with E-state index in [1.54, 1.807) is 11.8 Å². The van der Waals surface area contributed by atoms with Crippen LogP contribution < -0.4 is 0 Å². The summed E-state index contributed by atoms with van der Waals surface area (Å²) in [7, 11) is -3.64. The molecule has 1 aliphatic heterocycles. The Morgan fingerprint density at radius 3 is 2.33 bits per heavy atom. The fraction of sp³-hybridized carbons (Fsp3) is 0.538. The molecule has 0 radical (unpaired) electrons. The van der Waals surface area contributed by atoms with Gasteiger partial charge in [0.15, 0.2) is 0 Å². The first-order chi connectivity index (χ1) is 9.77. The van der Waals surface area contributed by atoms with Gasteiger partial charge in [-0.15, -0.1) is 11.6 Å². The third-order valence-corrected chi connectivity index (χ3v) is 7.55. The van der Waals surface area contributed by atoms with Gasteiger partial charge in [-0.1, -0.05) is 37.0 Å². The highest BCUT2D eigenvalue weighted by molar-refractivity contribution is 8.00. The molecule has 0 saturated carbocycles. The van der Waals surface area contributed by atoms with Crippen molar-refractivity contribution in [3.8, 4) is 0 Å². The van der Waals surface area contributed by atoms with Crippen molar-refractivity contribution in [3.63, 3.8) is 0 Å². The second-order valence-corrected chi connectivity index (χ2v) is 9.89. The van der Waals surface area contributed by atoms with Crippen molar-refractivity contribution in [2.45, 2.75) is 35.1 Å². The highest BCUT2D eigenvalue weighted by atomic mass is 35.5. The van der Waals surface area contributed by atoms with E-state index in [0.29, 0.717) is 23.7 Å². The highest BCUT2D eigenvalue weighted by Crippen LogP contribution is 2.35. The van der Waals surface area contributed by atoms with Crippen LogP contribution >= 0.6 is 46.6 Å². The average molecular weight is 389 g/mol. The van der Waals surface area contributed by atoms with Crippen molar-refractivity contribution < 1.29 is 8.42 Å². The Hall–Kier alpha value is 0.350. The summed E-state index contributed by atoms with van der Waals surface area (Å²) >= 11 is 19.8. The highest BCUT2D eigenvalue weighted by Gasteiger charge is 2.33. The van der Waals surface area contributed by atoms with Crippen LogP contribution in [0.5, 0.6) is 0 Å². The molecule has 0 spiro atoms. The smallest absolute Gasteiger partial charge is 0.207 e. The standard InChI is InChI=1S/C13H16Cl3NO2S2/c1-8-6-17(7-9(2)20-8)21(18,19)12-4-3-11(15)10(5-14)13(12)16/h3-4,8-9H,5-7H2,1-2H3. The summed E-state index contributed by atoms with van der Waals surface area (Å²) in [6.07, 6.45) is 0. The number of hydrogen-bond donors (Lipinski definition) is 0. The monoisotopic (exact) mass is 387 g/mol. The summed E-state index contributed by atoms with van der Waals surface area (Å²) in [5, 5.41) is 1.00. The van der Waals surface area contributed by atoms with E-state index in [0.717, 1.165) is 0 Å². The Morgan fingerprint density at radius 2 is 1.81 bits per heavy atom. The van der Waals surface area contributed by atoms with Gasteiger partial charge in [-0.2, -0.15) is 16.1 Å². The SMILES string of the molecule is CC1CN(S(=O)(=O)c2ccc(Cl)c(CCl)c2Cl)CC(C)S1. The van der Waals surface area contributed by atoms with Gasteiger partial charge in [0.25, 0.3) is 0 Å². The summed E-state index contributed by atoms with van der Waals surface area (Å²) in [6, 6.07) is 2.98. The minimum atomic E-state index is -3.64. The molecule has 8 heteroatoms. The molecular weight excluding hydrogens is 373 g/mol. The Bertz CT molecular complexity index is 627. The fourth-order valence-electron chi connectivity index (χ4n) is 2.36. The van der Waals surface area contributed by atoms with Crippen LogP contribution in [0.15, 0.2) is 17.0 Å². The van der Waals surface area contributed by atoms with E-state index in [2.05, 4.69) is 0 Å². The first-order valence-corrected chi connectivity index (χ1v) is 10.1. The summed E-state index contributed by atoms with van der Waals surface area (Å²) in [4.78, 5) is 0.0792. The summed E-state index contributed by atoms with van der Waals surface area (Å²) < 4.78 is 27.1. The predicted molar refractivity (Wildman–Crippen MR) is 91.3 cm³/mol. The molecule has 2 rings (SSSR count). The van der Waals surface area contributed by atoms with Gasteiger partial charge in [0.1, 0.15) is 4.90 Å². The first kappa shape index (κ1) is 17.7. The average Bonchev–Trinajstić information content (AvgIpc) is 2.37. The van der Waals surface area contributed by atoms with Crippen molar-refractivity contribution in [3.05, 3.63) is 27.7 Å². The van der Waals surface area contributed by atoms with E-state index in [1.165, 1.54) is 16.4 Å². The number of sulfonamides is 1. The van der Waals surface area contributed by atoms with E-state index in [9.17, 15) is 8.42 Å². The van der Waals surface area contributed by atoms with Crippen LogP contribution in [-0.4, -0.2) is 36.3 Å².